The molecule has 1 N–H and O–H groups in total. The summed E-state index contributed by atoms with van der Waals surface area (Å²) in [6, 6.07) is 3.76. The molecular formula is C9H15ClN2. The molecule has 0 atom stereocenters. The van der Waals surface area contributed by atoms with Crippen LogP contribution >= 0.6 is 11.6 Å². The molecular weight excluding hydrogens is 172 g/mol. The Morgan fingerprint density at radius 2 is 1.92 bits per heavy atom. The third-order valence-corrected chi connectivity index (χ3v) is 1.39. The van der Waals surface area contributed by atoms with E-state index in [1.54, 1.807) is 0 Å². The van der Waals surface area contributed by atoms with Crippen LogP contribution in [0.25, 0.3) is 0 Å². The van der Waals surface area contributed by atoms with Crippen LogP contribution in [0.2, 0.25) is 5.15 Å². The van der Waals surface area contributed by atoms with Crippen LogP contribution in [0.5, 0.6) is 0 Å². The quantitative estimate of drug-likeness (QED) is 0.682. The lowest BCUT2D eigenvalue weighted by atomic mass is 10.3. The zero-order valence-electron chi connectivity index (χ0n) is 7.98. The summed E-state index contributed by atoms with van der Waals surface area (Å²) in [6.07, 6.45) is 0. The van der Waals surface area contributed by atoms with Gasteiger partial charge in [-0.25, -0.2) is 4.98 Å². The summed E-state index contributed by atoms with van der Waals surface area (Å²) in [7, 11) is 1.82. The van der Waals surface area contributed by atoms with Crippen molar-refractivity contribution in [1.29, 1.82) is 0 Å². The maximum absolute atomic E-state index is 5.68. The Morgan fingerprint density at radius 3 is 2.33 bits per heavy atom. The van der Waals surface area contributed by atoms with Gasteiger partial charge in [0.2, 0.25) is 0 Å². The van der Waals surface area contributed by atoms with Crippen LogP contribution in [0.1, 0.15) is 19.4 Å². The highest BCUT2D eigenvalue weighted by Gasteiger charge is 1.93. The van der Waals surface area contributed by atoms with Crippen LogP contribution in [0.15, 0.2) is 12.1 Å². The van der Waals surface area contributed by atoms with Crippen LogP contribution in [-0.2, 0) is 0 Å². The van der Waals surface area contributed by atoms with E-state index in [0.29, 0.717) is 5.15 Å². The van der Waals surface area contributed by atoms with Gasteiger partial charge < -0.3 is 5.32 Å². The van der Waals surface area contributed by atoms with Gasteiger partial charge in [-0.2, -0.15) is 0 Å². The molecule has 0 amide bonds. The minimum Gasteiger partial charge on any atom is -0.373 e. The van der Waals surface area contributed by atoms with E-state index in [0.717, 1.165) is 11.4 Å². The van der Waals surface area contributed by atoms with Gasteiger partial charge in [-0.3, -0.25) is 0 Å². The van der Waals surface area contributed by atoms with Crippen molar-refractivity contribution in [3.05, 3.63) is 22.8 Å². The topological polar surface area (TPSA) is 24.9 Å². The zero-order valence-corrected chi connectivity index (χ0v) is 8.74. The molecule has 0 spiro atoms. The first-order chi connectivity index (χ1) is 5.72. The summed E-state index contributed by atoms with van der Waals surface area (Å²) in [5, 5.41) is 3.44. The average Bonchev–Trinajstić information content (AvgIpc) is 2.06. The van der Waals surface area contributed by atoms with Gasteiger partial charge in [-0.05, 0) is 24.6 Å². The summed E-state index contributed by atoms with van der Waals surface area (Å²) >= 11 is 5.68. The molecule has 1 aromatic heterocycles. The number of aromatic nitrogens is 1. The van der Waals surface area contributed by atoms with Crippen LogP contribution in [0, 0.1) is 6.92 Å². The van der Waals surface area contributed by atoms with E-state index in [2.05, 4.69) is 10.3 Å². The molecule has 12 heavy (non-hydrogen) atoms. The van der Waals surface area contributed by atoms with Gasteiger partial charge in [0.15, 0.2) is 0 Å². The van der Waals surface area contributed by atoms with Gasteiger partial charge in [0.05, 0.1) is 0 Å². The van der Waals surface area contributed by atoms with E-state index in [1.807, 2.05) is 40.0 Å². The molecule has 1 aromatic rings. The fraction of sp³-hybridized carbons (Fsp3) is 0.444. The standard InChI is InChI=1S/C7H9ClN2.C2H6/c1-5-3-6(8)10-7(4-5)9-2;1-2/h3-4H,1-2H3,(H,9,10);1-2H3. The molecule has 0 aliphatic carbocycles. The van der Waals surface area contributed by atoms with E-state index in [9.17, 15) is 0 Å². The van der Waals surface area contributed by atoms with Crippen molar-refractivity contribution >= 4 is 17.4 Å². The highest BCUT2D eigenvalue weighted by atomic mass is 35.5. The molecule has 0 fully saturated rings. The highest BCUT2D eigenvalue weighted by Crippen LogP contribution is 2.12. The van der Waals surface area contributed by atoms with E-state index in [1.165, 1.54) is 0 Å². The van der Waals surface area contributed by atoms with Gasteiger partial charge in [0.25, 0.3) is 0 Å². The Hall–Kier alpha value is -0.760. The minimum absolute atomic E-state index is 0.532. The highest BCUT2D eigenvalue weighted by molar-refractivity contribution is 6.29. The van der Waals surface area contributed by atoms with Crippen molar-refractivity contribution in [1.82, 2.24) is 4.98 Å². The van der Waals surface area contributed by atoms with E-state index in [4.69, 9.17) is 11.6 Å². The van der Waals surface area contributed by atoms with Gasteiger partial charge in [0.1, 0.15) is 11.0 Å². The first-order valence-corrected chi connectivity index (χ1v) is 4.42. The van der Waals surface area contributed by atoms with Gasteiger partial charge >= 0.3 is 0 Å². The fourth-order valence-corrected chi connectivity index (χ4v) is 1.02. The molecule has 0 saturated heterocycles. The first kappa shape index (κ1) is 11.2. The molecule has 0 aromatic carbocycles. The normalized spacial score (nSPS) is 8.42. The van der Waals surface area contributed by atoms with Crippen molar-refractivity contribution in [3.63, 3.8) is 0 Å². The fourth-order valence-electron chi connectivity index (χ4n) is 0.753. The van der Waals surface area contributed by atoms with Crippen molar-refractivity contribution in [2.45, 2.75) is 20.8 Å². The van der Waals surface area contributed by atoms with Gasteiger partial charge in [0, 0.05) is 7.05 Å². The second-order valence-electron chi connectivity index (χ2n) is 2.10. The Morgan fingerprint density at radius 1 is 1.33 bits per heavy atom. The first-order valence-electron chi connectivity index (χ1n) is 4.04. The molecule has 2 nitrogen and oxygen atoms in total. The Bertz CT molecular complexity index is 216. The lowest BCUT2D eigenvalue weighted by Gasteiger charge is -1.99. The monoisotopic (exact) mass is 186 g/mol. The molecule has 0 radical (unpaired) electrons. The second-order valence-corrected chi connectivity index (χ2v) is 2.49. The lowest BCUT2D eigenvalue weighted by Crippen LogP contribution is -1.92. The Labute approximate surface area is 79.0 Å². The summed E-state index contributed by atoms with van der Waals surface area (Å²) < 4.78 is 0. The predicted molar refractivity (Wildman–Crippen MR) is 54.9 cm³/mol. The van der Waals surface area contributed by atoms with Crippen molar-refractivity contribution < 1.29 is 0 Å². The molecule has 1 rings (SSSR count). The maximum Gasteiger partial charge on any atom is 0.131 e. The van der Waals surface area contributed by atoms with Crippen LogP contribution in [0.4, 0.5) is 5.82 Å². The summed E-state index contributed by atoms with van der Waals surface area (Å²) in [4.78, 5) is 4.01. The number of halogens is 1. The molecule has 0 unspecified atom stereocenters. The van der Waals surface area contributed by atoms with Gasteiger partial charge in [-0.1, -0.05) is 25.4 Å². The molecule has 0 saturated carbocycles. The third-order valence-electron chi connectivity index (χ3n) is 1.19. The maximum atomic E-state index is 5.68. The number of aryl methyl sites for hydroxylation is 1. The van der Waals surface area contributed by atoms with E-state index >= 15 is 0 Å². The summed E-state index contributed by atoms with van der Waals surface area (Å²) in [5.41, 5.74) is 1.12. The molecule has 0 aliphatic rings. The second kappa shape index (κ2) is 5.84. The molecule has 1 heterocycles. The molecule has 68 valence electrons. The lowest BCUT2D eigenvalue weighted by molar-refractivity contribution is 1.26. The van der Waals surface area contributed by atoms with E-state index in [-0.39, 0.29) is 0 Å². The van der Waals surface area contributed by atoms with E-state index < -0.39 is 0 Å². The Balaban J connectivity index is 0.000000561. The van der Waals surface area contributed by atoms with Crippen LogP contribution in [0.3, 0.4) is 0 Å². The van der Waals surface area contributed by atoms with Crippen LogP contribution < -0.4 is 5.32 Å². The van der Waals surface area contributed by atoms with Gasteiger partial charge in [-0.15, -0.1) is 0 Å². The number of rotatable bonds is 1. The number of nitrogens with zero attached hydrogens (tertiary/aromatic N) is 1. The Kier molecular flexibility index (Phi) is 5.47. The molecule has 0 bridgehead atoms. The third kappa shape index (κ3) is 3.58. The number of pyridine rings is 1. The van der Waals surface area contributed by atoms with Crippen molar-refractivity contribution in [2.75, 3.05) is 12.4 Å². The summed E-state index contributed by atoms with van der Waals surface area (Å²) in [5.74, 6) is 0.810. The number of hydrogen-bond acceptors (Lipinski definition) is 2. The largest absolute Gasteiger partial charge is 0.373 e. The average molecular weight is 187 g/mol. The molecule has 3 heteroatoms. The predicted octanol–water partition coefficient (Wildman–Crippen LogP) is 3.11. The number of hydrogen-bond donors (Lipinski definition) is 1. The van der Waals surface area contributed by atoms with Crippen molar-refractivity contribution in [3.8, 4) is 0 Å². The zero-order chi connectivity index (χ0) is 9.56. The SMILES string of the molecule is CC.CNc1cc(C)cc(Cl)n1. The number of nitrogens with one attached hydrogen (secondary N) is 1. The number of anilines is 1. The minimum atomic E-state index is 0.532. The van der Waals surface area contributed by atoms with Crippen LogP contribution in [-0.4, -0.2) is 12.0 Å². The smallest absolute Gasteiger partial charge is 0.131 e. The summed E-state index contributed by atoms with van der Waals surface area (Å²) in [6.45, 7) is 5.98. The molecule has 0 aliphatic heterocycles. The van der Waals surface area contributed by atoms with Crippen molar-refractivity contribution in [2.24, 2.45) is 0 Å².